The van der Waals surface area contributed by atoms with E-state index in [0.717, 1.165) is 5.69 Å². The van der Waals surface area contributed by atoms with Gasteiger partial charge in [0.25, 0.3) is 0 Å². The monoisotopic (exact) mass is 303 g/mol. The van der Waals surface area contributed by atoms with Gasteiger partial charge in [0.1, 0.15) is 11.5 Å². The van der Waals surface area contributed by atoms with E-state index in [2.05, 4.69) is 26.9 Å². The lowest BCUT2D eigenvalue weighted by atomic mass is 10.2. The van der Waals surface area contributed by atoms with Gasteiger partial charge in [-0.1, -0.05) is 0 Å². The molecule has 0 unspecified atom stereocenters. The number of nitriles is 1. The summed E-state index contributed by atoms with van der Waals surface area (Å²) in [7, 11) is 0. The number of hydrogen-bond acceptors (Lipinski definition) is 4. The Morgan fingerprint density at radius 2 is 1.87 bits per heavy atom. The zero-order valence-electron chi connectivity index (χ0n) is 12.2. The molecule has 0 aliphatic carbocycles. The standard InChI is InChI=1S/C17H10FN5/c1-12-7-15(3-4-17-20-5-2-6-21-17)22-23(12)16-9-13(11-19)8-14(18)10-16/h2,5-10H,1H3. The van der Waals surface area contributed by atoms with Gasteiger partial charge in [-0.15, -0.1) is 0 Å². The van der Waals surface area contributed by atoms with Crippen LogP contribution in [0, 0.1) is 35.9 Å². The van der Waals surface area contributed by atoms with Crippen molar-refractivity contribution >= 4 is 0 Å². The highest BCUT2D eigenvalue weighted by atomic mass is 19.1. The molecule has 23 heavy (non-hydrogen) atoms. The first-order chi connectivity index (χ1) is 11.2. The highest BCUT2D eigenvalue weighted by molar-refractivity contribution is 5.44. The number of rotatable bonds is 1. The molecule has 0 amide bonds. The summed E-state index contributed by atoms with van der Waals surface area (Å²) in [6.45, 7) is 1.83. The minimum Gasteiger partial charge on any atom is -0.237 e. The average molecular weight is 303 g/mol. The second-order valence-corrected chi connectivity index (χ2v) is 4.72. The van der Waals surface area contributed by atoms with Gasteiger partial charge in [0.15, 0.2) is 0 Å². The maximum Gasteiger partial charge on any atom is 0.205 e. The molecule has 0 N–H and O–H groups in total. The van der Waals surface area contributed by atoms with Crippen LogP contribution in [0.3, 0.4) is 0 Å². The molecule has 0 fully saturated rings. The van der Waals surface area contributed by atoms with E-state index in [4.69, 9.17) is 5.26 Å². The van der Waals surface area contributed by atoms with Gasteiger partial charge >= 0.3 is 0 Å². The first kappa shape index (κ1) is 14.4. The van der Waals surface area contributed by atoms with Crippen molar-refractivity contribution in [2.45, 2.75) is 6.92 Å². The van der Waals surface area contributed by atoms with Crippen LogP contribution < -0.4 is 0 Å². The van der Waals surface area contributed by atoms with Crippen LogP contribution in [0.4, 0.5) is 4.39 Å². The fourth-order valence-electron chi connectivity index (χ4n) is 2.04. The lowest BCUT2D eigenvalue weighted by molar-refractivity contribution is 0.624. The normalized spacial score (nSPS) is 9.78. The SMILES string of the molecule is Cc1cc(C#Cc2ncccn2)nn1-c1cc(F)cc(C#N)c1. The quantitative estimate of drug-likeness (QED) is 0.647. The maximum absolute atomic E-state index is 13.6. The van der Waals surface area contributed by atoms with Crippen molar-refractivity contribution in [1.29, 1.82) is 5.26 Å². The van der Waals surface area contributed by atoms with Crippen LogP contribution in [-0.2, 0) is 0 Å². The van der Waals surface area contributed by atoms with Crippen LogP contribution in [-0.4, -0.2) is 19.7 Å². The summed E-state index contributed by atoms with van der Waals surface area (Å²) >= 11 is 0. The molecule has 1 aromatic carbocycles. The van der Waals surface area contributed by atoms with Gasteiger partial charge in [-0.2, -0.15) is 10.4 Å². The molecule has 110 valence electrons. The highest BCUT2D eigenvalue weighted by Crippen LogP contribution is 2.15. The molecule has 0 bridgehead atoms. The van der Waals surface area contributed by atoms with Crippen molar-refractivity contribution in [3.8, 4) is 23.6 Å². The number of hydrogen-bond donors (Lipinski definition) is 0. The molecule has 3 aromatic rings. The van der Waals surface area contributed by atoms with Gasteiger partial charge in [-0.05, 0) is 49.1 Å². The van der Waals surface area contributed by atoms with Crippen molar-refractivity contribution in [3.05, 3.63) is 71.3 Å². The Labute approximate surface area is 132 Å². The largest absolute Gasteiger partial charge is 0.237 e. The Bertz CT molecular complexity index is 958. The minimum absolute atomic E-state index is 0.236. The van der Waals surface area contributed by atoms with E-state index in [1.807, 2.05) is 13.0 Å². The van der Waals surface area contributed by atoms with Crippen LogP contribution in [0.15, 0.2) is 42.7 Å². The van der Waals surface area contributed by atoms with Crippen molar-refractivity contribution in [2.24, 2.45) is 0 Å². The van der Waals surface area contributed by atoms with E-state index >= 15 is 0 Å². The summed E-state index contributed by atoms with van der Waals surface area (Å²) in [6, 6.07) is 9.47. The smallest absolute Gasteiger partial charge is 0.205 e. The lowest BCUT2D eigenvalue weighted by Gasteiger charge is -2.04. The number of halogens is 1. The van der Waals surface area contributed by atoms with E-state index in [1.165, 1.54) is 12.1 Å². The molecule has 0 aliphatic rings. The van der Waals surface area contributed by atoms with E-state index in [-0.39, 0.29) is 5.56 Å². The Morgan fingerprint density at radius 1 is 1.09 bits per heavy atom. The first-order valence-corrected chi connectivity index (χ1v) is 6.72. The Morgan fingerprint density at radius 3 is 2.61 bits per heavy atom. The van der Waals surface area contributed by atoms with Crippen molar-refractivity contribution in [1.82, 2.24) is 19.7 Å². The summed E-state index contributed by atoms with van der Waals surface area (Å²) in [5.41, 5.74) is 2.00. The summed E-state index contributed by atoms with van der Waals surface area (Å²) in [4.78, 5) is 8.02. The number of benzene rings is 1. The van der Waals surface area contributed by atoms with Crippen LogP contribution in [0.25, 0.3) is 5.69 Å². The van der Waals surface area contributed by atoms with Crippen molar-refractivity contribution in [3.63, 3.8) is 0 Å². The van der Waals surface area contributed by atoms with Crippen LogP contribution >= 0.6 is 0 Å². The Kier molecular flexibility index (Phi) is 3.82. The predicted octanol–water partition coefficient (Wildman–Crippen LogP) is 2.38. The summed E-state index contributed by atoms with van der Waals surface area (Å²) in [5, 5.41) is 13.3. The second-order valence-electron chi connectivity index (χ2n) is 4.72. The number of aryl methyl sites for hydroxylation is 1. The molecule has 6 heteroatoms. The predicted molar refractivity (Wildman–Crippen MR) is 81.0 cm³/mol. The molecule has 3 rings (SSSR count). The topological polar surface area (TPSA) is 67.4 Å². The Hall–Kier alpha value is -3.51. The molecule has 0 atom stereocenters. The maximum atomic E-state index is 13.6. The molecule has 2 heterocycles. The van der Waals surface area contributed by atoms with Gasteiger partial charge in [0.2, 0.25) is 5.82 Å². The summed E-state index contributed by atoms with van der Waals surface area (Å²) < 4.78 is 15.1. The summed E-state index contributed by atoms with van der Waals surface area (Å²) in [5.74, 6) is 5.60. The third-order valence-corrected chi connectivity index (χ3v) is 3.01. The molecule has 2 aromatic heterocycles. The highest BCUT2D eigenvalue weighted by Gasteiger charge is 2.08. The lowest BCUT2D eigenvalue weighted by Crippen LogP contribution is -2.00. The number of nitrogens with zero attached hydrogens (tertiary/aromatic N) is 5. The van der Waals surface area contributed by atoms with Gasteiger partial charge < -0.3 is 0 Å². The van der Waals surface area contributed by atoms with Crippen LogP contribution in [0.2, 0.25) is 0 Å². The van der Waals surface area contributed by atoms with Crippen LogP contribution in [0.1, 0.15) is 22.8 Å². The zero-order chi connectivity index (χ0) is 16.2. The van der Waals surface area contributed by atoms with Gasteiger partial charge in [0, 0.05) is 18.1 Å². The zero-order valence-corrected chi connectivity index (χ0v) is 12.2. The van der Waals surface area contributed by atoms with Gasteiger partial charge in [0.05, 0.1) is 17.3 Å². The van der Waals surface area contributed by atoms with Gasteiger partial charge in [-0.3, -0.25) is 0 Å². The fourth-order valence-corrected chi connectivity index (χ4v) is 2.04. The Balaban J connectivity index is 1.98. The molecule has 0 saturated heterocycles. The third kappa shape index (κ3) is 3.22. The molecule has 0 radical (unpaired) electrons. The van der Waals surface area contributed by atoms with E-state index < -0.39 is 5.82 Å². The molecule has 0 aliphatic heterocycles. The number of aromatic nitrogens is 4. The summed E-state index contributed by atoms with van der Waals surface area (Å²) in [6.07, 6.45) is 3.22. The average Bonchev–Trinajstić information content (AvgIpc) is 2.94. The van der Waals surface area contributed by atoms with E-state index in [0.29, 0.717) is 17.2 Å². The van der Waals surface area contributed by atoms with Crippen molar-refractivity contribution in [2.75, 3.05) is 0 Å². The molecular weight excluding hydrogens is 293 g/mol. The van der Waals surface area contributed by atoms with Crippen molar-refractivity contribution < 1.29 is 4.39 Å². The molecule has 5 nitrogen and oxygen atoms in total. The second kappa shape index (κ2) is 6.08. The molecular formula is C17H10FN5. The van der Waals surface area contributed by atoms with Gasteiger partial charge in [-0.25, -0.2) is 19.0 Å². The molecule has 0 spiro atoms. The third-order valence-electron chi connectivity index (χ3n) is 3.01. The minimum atomic E-state index is -0.487. The first-order valence-electron chi connectivity index (χ1n) is 6.72. The fraction of sp³-hybridized carbons (Fsp3) is 0.0588. The molecule has 0 saturated carbocycles. The van der Waals surface area contributed by atoms with E-state index in [1.54, 1.807) is 35.3 Å². The van der Waals surface area contributed by atoms with Crippen LogP contribution in [0.5, 0.6) is 0 Å². The van der Waals surface area contributed by atoms with E-state index in [9.17, 15) is 4.39 Å².